The maximum atomic E-state index is 11.9. The van der Waals surface area contributed by atoms with E-state index in [9.17, 15) is 30.3 Å². The Morgan fingerprint density at radius 2 is 1.73 bits per heavy atom. The highest BCUT2D eigenvalue weighted by Crippen LogP contribution is 2.28. The van der Waals surface area contributed by atoms with Crippen molar-refractivity contribution in [3.63, 3.8) is 0 Å². The van der Waals surface area contributed by atoms with E-state index in [1.807, 2.05) is 0 Å². The summed E-state index contributed by atoms with van der Waals surface area (Å²) in [7, 11) is 0. The van der Waals surface area contributed by atoms with Gasteiger partial charge in [-0.25, -0.2) is 4.79 Å². The summed E-state index contributed by atoms with van der Waals surface area (Å²) >= 11 is 0. The van der Waals surface area contributed by atoms with Gasteiger partial charge in [-0.15, -0.1) is 0 Å². The Hall–Kier alpha value is -2.01. The van der Waals surface area contributed by atoms with Crippen molar-refractivity contribution in [1.29, 1.82) is 0 Å². The SMILES string of the molecule is O=C(/C=C\c1ccc(O)cc1)OC[C@H]1O[C@@H](O[C@@H]2CCCC[C@H]2O)[C@H](O)[C@@H](O)[C@@H]1O. The Morgan fingerprint density at radius 3 is 2.43 bits per heavy atom. The summed E-state index contributed by atoms with van der Waals surface area (Å²) in [6.45, 7) is -0.364. The van der Waals surface area contributed by atoms with Crippen LogP contribution in [-0.4, -0.2) is 81.0 Å². The summed E-state index contributed by atoms with van der Waals surface area (Å²) in [5.41, 5.74) is 0.678. The van der Waals surface area contributed by atoms with Gasteiger partial charge < -0.3 is 39.7 Å². The predicted molar refractivity (Wildman–Crippen MR) is 104 cm³/mol. The molecule has 2 fully saturated rings. The molecule has 0 spiro atoms. The number of carbonyl (C=O) groups excluding carboxylic acids is 1. The molecule has 9 nitrogen and oxygen atoms in total. The van der Waals surface area contributed by atoms with E-state index in [1.54, 1.807) is 12.1 Å². The highest BCUT2D eigenvalue weighted by molar-refractivity contribution is 5.87. The lowest BCUT2D eigenvalue weighted by Crippen LogP contribution is -2.60. The number of aliphatic hydroxyl groups excluding tert-OH is 4. The summed E-state index contributed by atoms with van der Waals surface area (Å²) in [5.74, 6) is -0.587. The molecule has 1 aliphatic carbocycles. The second-order valence-electron chi connectivity index (χ2n) is 7.60. The average molecular weight is 424 g/mol. The Morgan fingerprint density at radius 1 is 1.03 bits per heavy atom. The van der Waals surface area contributed by atoms with Crippen molar-refractivity contribution in [3.05, 3.63) is 35.9 Å². The molecule has 1 aromatic carbocycles. The van der Waals surface area contributed by atoms with Crippen LogP contribution >= 0.6 is 0 Å². The lowest BCUT2D eigenvalue weighted by Gasteiger charge is -2.42. The number of hydrogen-bond acceptors (Lipinski definition) is 9. The fourth-order valence-corrected chi connectivity index (χ4v) is 3.54. The van der Waals surface area contributed by atoms with Crippen molar-refractivity contribution in [2.45, 2.75) is 68.6 Å². The number of benzene rings is 1. The van der Waals surface area contributed by atoms with Gasteiger partial charge in [0.25, 0.3) is 0 Å². The molecule has 30 heavy (non-hydrogen) atoms. The van der Waals surface area contributed by atoms with Crippen LogP contribution < -0.4 is 0 Å². The van der Waals surface area contributed by atoms with Crippen LogP contribution in [0.5, 0.6) is 5.75 Å². The summed E-state index contributed by atoms with van der Waals surface area (Å²) < 4.78 is 16.3. The Labute approximate surface area is 174 Å². The van der Waals surface area contributed by atoms with Gasteiger partial charge in [-0.1, -0.05) is 25.0 Å². The smallest absolute Gasteiger partial charge is 0.330 e. The first kappa shape index (κ1) is 22.7. The molecule has 0 amide bonds. The van der Waals surface area contributed by atoms with Gasteiger partial charge in [0.2, 0.25) is 0 Å². The van der Waals surface area contributed by atoms with Gasteiger partial charge in [0, 0.05) is 6.08 Å². The van der Waals surface area contributed by atoms with Crippen molar-refractivity contribution in [2.24, 2.45) is 0 Å². The monoisotopic (exact) mass is 424 g/mol. The maximum Gasteiger partial charge on any atom is 0.330 e. The largest absolute Gasteiger partial charge is 0.508 e. The first-order chi connectivity index (χ1) is 14.3. The fraction of sp³-hybridized carbons (Fsp3) is 0.571. The number of hydrogen-bond donors (Lipinski definition) is 5. The second kappa shape index (κ2) is 10.3. The van der Waals surface area contributed by atoms with E-state index in [-0.39, 0.29) is 12.4 Å². The van der Waals surface area contributed by atoms with Crippen LogP contribution in [-0.2, 0) is 19.0 Å². The molecule has 1 aliphatic heterocycles. The van der Waals surface area contributed by atoms with Crippen LogP contribution in [0, 0.1) is 0 Å². The van der Waals surface area contributed by atoms with Crippen molar-refractivity contribution < 1.29 is 44.5 Å². The highest BCUT2D eigenvalue weighted by atomic mass is 16.7. The van der Waals surface area contributed by atoms with Gasteiger partial charge in [0.1, 0.15) is 36.8 Å². The topological polar surface area (TPSA) is 146 Å². The zero-order chi connectivity index (χ0) is 21.7. The maximum absolute atomic E-state index is 11.9. The zero-order valence-electron chi connectivity index (χ0n) is 16.4. The minimum absolute atomic E-state index is 0.108. The molecule has 0 bridgehead atoms. The van der Waals surface area contributed by atoms with Gasteiger partial charge in [-0.05, 0) is 36.6 Å². The Kier molecular flexibility index (Phi) is 7.81. The summed E-state index contributed by atoms with van der Waals surface area (Å²) in [6, 6.07) is 6.19. The summed E-state index contributed by atoms with van der Waals surface area (Å²) in [6.07, 6.45) is -2.57. The molecule has 2 aliphatic rings. The lowest BCUT2D eigenvalue weighted by molar-refractivity contribution is -0.319. The van der Waals surface area contributed by atoms with Crippen LogP contribution in [0.3, 0.4) is 0 Å². The molecule has 5 N–H and O–H groups in total. The minimum atomic E-state index is -1.55. The van der Waals surface area contributed by atoms with Gasteiger partial charge in [0.05, 0.1) is 12.2 Å². The van der Waals surface area contributed by atoms with Crippen LogP contribution in [0.1, 0.15) is 31.2 Å². The normalized spacial score (nSPS) is 34.7. The number of rotatable bonds is 6. The molecule has 0 unspecified atom stereocenters. The third-order valence-corrected chi connectivity index (χ3v) is 5.34. The molecule has 1 heterocycles. The van der Waals surface area contributed by atoms with E-state index in [2.05, 4.69) is 0 Å². The summed E-state index contributed by atoms with van der Waals surface area (Å²) in [4.78, 5) is 11.9. The Balaban J connectivity index is 1.54. The van der Waals surface area contributed by atoms with Crippen molar-refractivity contribution in [2.75, 3.05) is 6.61 Å². The lowest BCUT2D eigenvalue weighted by atomic mass is 9.94. The predicted octanol–water partition coefficient (Wildman–Crippen LogP) is 0.0763. The highest BCUT2D eigenvalue weighted by Gasteiger charge is 2.46. The molecule has 3 rings (SSSR count). The number of ether oxygens (including phenoxy) is 3. The van der Waals surface area contributed by atoms with E-state index in [0.29, 0.717) is 18.4 Å². The first-order valence-electron chi connectivity index (χ1n) is 10.0. The van der Waals surface area contributed by atoms with Gasteiger partial charge in [-0.3, -0.25) is 0 Å². The van der Waals surface area contributed by atoms with E-state index in [4.69, 9.17) is 14.2 Å². The van der Waals surface area contributed by atoms with Gasteiger partial charge >= 0.3 is 5.97 Å². The van der Waals surface area contributed by atoms with Crippen LogP contribution in [0.2, 0.25) is 0 Å². The molecule has 0 aromatic heterocycles. The van der Waals surface area contributed by atoms with Crippen LogP contribution in [0.25, 0.3) is 6.08 Å². The van der Waals surface area contributed by atoms with Crippen molar-refractivity contribution in [1.82, 2.24) is 0 Å². The number of carbonyl (C=O) groups is 1. The number of aliphatic hydroxyl groups is 4. The molecule has 1 saturated carbocycles. The molecule has 0 radical (unpaired) electrons. The molecular formula is C21H28O9. The molecule has 1 saturated heterocycles. The van der Waals surface area contributed by atoms with Crippen molar-refractivity contribution in [3.8, 4) is 5.75 Å². The number of aromatic hydroxyl groups is 1. The van der Waals surface area contributed by atoms with E-state index in [1.165, 1.54) is 24.3 Å². The van der Waals surface area contributed by atoms with Crippen LogP contribution in [0.15, 0.2) is 30.3 Å². The zero-order valence-corrected chi connectivity index (χ0v) is 16.4. The summed E-state index contributed by atoms with van der Waals surface area (Å²) in [5, 5.41) is 49.8. The quantitative estimate of drug-likeness (QED) is 0.316. The molecule has 9 heteroatoms. The molecular weight excluding hydrogens is 396 g/mol. The standard InChI is InChI=1S/C21H28O9/c22-13-8-5-12(6-9-13)7-10-17(24)28-11-16-18(25)19(26)20(27)21(30-16)29-15-4-2-1-3-14(15)23/h5-10,14-16,18-23,25-27H,1-4,11H2/b10-7-/t14-,15-,16-,18-,19+,20-,21-/m1/s1. The van der Waals surface area contributed by atoms with Crippen molar-refractivity contribution >= 4 is 12.0 Å². The third-order valence-electron chi connectivity index (χ3n) is 5.34. The van der Waals surface area contributed by atoms with E-state index >= 15 is 0 Å². The number of phenolic OH excluding ortho intramolecular Hbond substituents is 1. The van der Waals surface area contributed by atoms with Crippen LogP contribution in [0.4, 0.5) is 0 Å². The third kappa shape index (κ3) is 5.78. The minimum Gasteiger partial charge on any atom is -0.508 e. The number of phenols is 1. The van der Waals surface area contributed by atoms with Gasteiger partial charge in [-0.2, -0.15) is 0 Å². The van der Waals surface area contributed by atoms with E-state index < -0.39 is 48.9 Å². The Bertz CT molecular complexity index is 720. The molecule has 7 atom stereocenters. The fourth-order valence-electron chi connectivity index (χ4n) is 3.54. The van der Waals surface area contributed by atoms with Gasteiger partial charge in [0.15, 0.2) is 6.29 Å². The molecule has 166 valence electrons. The first-order valence-corrected chi connectivity index (χ1v) is 10.0. The number of esters is 1. The molecule has 1 aromatic rings. The second-order valence-corrected chi connectivity index (χ2v) is 7.60. The van der Waals surface area contributed by atoms with E-state index in [0.717, 1.165) is 12.8 Å². The average Bonchev–Trinajstić information content (AvgIpc) is 2.74.